The number of nitrogens with one attached hydrogen (secondary N) is 2. The van der Waals surface area contributed by atoms with Gasteiger partial charge in [0.15, 0.2) is 0 Å². The SMILES string of the molecule is O=C(/C=C/c1ccc(/C=C2\Cc3ccccc3NC2=O)cc1)NCc1cccnc1. The number of fused-ring (bicyclic) bond motifs is 1. The molecule has 0 saturated heterocycles. The summed E-state index contributed by atoms with van der Waals surface area (Å²) in [5, 5.41) is 5.76. The van der Waals surface area contributed by atoms with Crippen LogP contribution in [-0.2, 0) is 22.6 Å². The molecule has 0 radical (unpaired) electrons. The highest BCUT2D eigenvalue weighted by atomic mass is 16.2. The maximum absolute atomic E-state index is 12.3. The van der Waals surface area contributed by atoms with E-state index in [9.17, 15) is 9.59 Å². The quantitative estimate of drug-likeness (QED) is 0.642. The van der Waals surface area contributed by atoms with Crippen LogP contribution in [0.25, 0.3) is 12.2 Å². The zero-order chi connectivity index (χ0) is 20.8. The van der Waals surface area contributed by atoms with Gasteiger partial charge in [-0.25, -0.2) is 0 Å². The summed E-state index contributed by atoms with van der Waals surface area (Å²) in [7, 11) is 0. The van der Waals surface area contributed by atoms with Crippen molar-refractivity contribution >= 4 is 29.7 Å². The van der Waals surface area contributed by atoms with E-state index in [4.69, 9.17) is 0 Å². The van der Waals surface area contributed by atoms with Gasteiger partial charge in [-0.2, -0.15) is 0 Å². The van der Waals surface area contributed by atoms with Gasteiger partial charge < -0.3 is 10.6 Å². The molecule has 0 saturated carbocycles. The summed E-state index contributed by atoms with van der Waals surface area (Å²) in [6, 6.07) is 19.3. The molecule has 5 nitrogen and oxygen atoms in total. The molecule has 0 atom stereocenters. The number of rotatable bonds is 5. The second kappa shape index (κ2) is 9.01. The van der Waals surface area contributed by atoms with E-state index in [0.717, 1.165) is 33.5 Å². The fraction of sp³-hybridized carbons (Fsp3) is 0.0800. The second-order valence-electron chi connectivity index (χ2n) is 7.04. The van der Waals surface area contributed by atoms with Crippen LogP contribution in [0.5, 0.6) is 0 Å². The summed E-state index contributed by atoms with van der Waals surface area (Å²) in [6.07, 6.45) is 9.21. The van der Waals surface area contributed by atoms with Crippen molar-refractivity contribution in [1.82, 2.24) is 10.3 Å². The average Bonchev–Trinajstić information content (AvgIpc) is 2.78. The van der Waals surface area contributed by atoms with Crippen LogP contribution < -0.4 is 10.6 Å². The predicted octanol–water partition coefficient (Wildman–Crippen LogP) is 3.99. The monoisotopic (exact) mass is 395 g/mol. The lowest BCUT2D eigenvalue weighted by Gasteiger charge is -2.19. The van der Waals surface area contributed by atoms with Gasteiger partial charge in [0.1, 0.15) is 0 Å². The van der Waals surface area contributed by atoms with Gasteiger partial charge in [0.25, 0.3) is 5.91 Å². The number of pyridine rings is 1. The van der Waals surface area contributed by atoms with Crippen molar-refractivity contribution < 1.29 is 9.59 Å². The van der Waals surface area contributed by atoms with Gasteiger partial charge >= 0.3 is 0 Å². The summed E-state index contributed by atoms with van der Waals surface area (Å²) in [5.41, 5.74) is 5.52. The van der Waals surface area contributed by atoms with Crippen molar-refractivity contribution in [3.63, 3.8) is 0 Å². The number of amides is 2. The molecule has 2 N–H and O–H groups in total. The number of hydrogen-bond donors (Lipinski definition) is 2. The fourth-order valence-electron chi connectivity index (χ4n) is 3.23. The standard InChI is InChI=1S/C25H21N3O2/c29-24(27-17-20-4-3-13-26-16-20)12-11-18-7-9-19(10-8-18)14-22-15-21-5-1-2-6-23(21)28-25(22)30/h1-14,16H,15,17H2,(H,27,29)(H,28,30)/b12-11+,22-14+. The molecule has 3 aromatic rings. The predicted molar refractivity (Wildman–Crippen MR) is 118 cm³/mol. The van der Waals surface area contributed by atoms with Crippen LogP contribution in [0, 0.1) is 0 Å². The highest BCUT2D eigenvalue weighted by Gasteiger charge is 2.19. The van der Waals surface area contributed by atoms with E-state index in [1.807, 2.05) is 66.7 Å². The van der Waals surface area contributed by atoms with Gasteiger partial charge in [-0.3, -0.25) is 14.6 Å². The van der Waals surface area contributed by atoms with Crippen LogP contribution in [-0.4, -0.2) is 16.8 Å². The Balaban J connectivity index is 1.37. The number of hydrogen-bond acceptors (Lipinski definition) is 3. The highest BCUT2D eigenvalue weighted by molar-refractivity contribution is 6.09. The third kappa shape index (κ3) is 4.89. The minimum Gasteiger partial charge on any atom is -0.348 e. The van der Waals surface area contributed by atoms with Crippen molar-refractivity contribution in [3.05, 3.63) is 107 Å². The molecule has 0 fully saturated rings. The molecule has 1 aliphatic rings. The number of carbonyl (C=O) groups excluding carboxylic acids is 2. The average molecular weight is 395 g/mol. The largest absolute Gasteiger partial charge is 0.348 e. The molecule has 1 aromatic heterocycles. The molecular formula is C25H21N3O2. The van der Waals surface area contributed by atoms with Crippen LogP contribution in [0.1, 0.15) is 22.3 Å². The van der Waals surface area contributed by atoms with Crippen LogP contribution in [0.3, 0.4) is 0 Å². The normalized spacial score (nSPS) is 14.4. The smallest absolute Gasteiger partial charge is 0.251 e. The Bertz CT molecular complexity index is 1120. The van der Waals surface area contributed by atoms with E-state index in [1.165, 1.54) is 6.08 Å². The van der Waals surface area contributed by atoms with Gasteiger partial charge in [0.05, 0.1) is 0 Å². The molecule has 148 valence electrons. The highest BCUT2D eigenvalue weighted by Crippen LogP contribution is 2.26. The molecule has 0 spiro atoms. The molecule has 30 heavy (non-hydrogen) atoms. The molecule has 2 heterocycles. The van der Waals surface area contributed by atoms with Gasteiger partial charge in [0, 0.05) is 42.7 Å². The molecule has 0 aliphatic carbocycles. The Kier molecular flexibility index (Phi) is 5.80. The minimum atomic E-state index is -0.164. The Hall–Kier alpha value is -3.99. The lowest BCUT2D eigenvalue weighted by Crippen LogP contribution is -2.21. The van der Waals surface area contributed by atoms with Crippen LogP contribution >= 0.6 is 0 Å². The maximum atomic E-state index is 12.3. The first-order valence-electron chi connectivity index (χ1n) is 9.72. The minimum absolute atomic E-state index is 0.0667. The lowest BCUT2D eigenvalue weighted by atomic mass is 9.96. The third-order valence-electron chi connectivity index (χ3n) is 4.83. The number of benzene rings is 2. The van der Waals surface area contributed by atoms with E-state index in [-0.39, 0.29) is 11.8 Å². The summed E-state index contributed by atoms with van der Waals surface area (Å²) in [5.74, 6) is -0.231. The van der Waals surface area contributed by atoms with Crippen molar-refractivity contribution in [2.75, 3.05) is 5.32 Å². The molecule has 2 amide bonds. The van der Waals surface area contributed by atoms with Gasteiger partial charge in [-0.1, -0.05) is 48.5 Å². The number of nitrogens with zero attached hydrogens (tertiary/aromatic N) is 1. The molecule has 5 heteroatoms. The summed E-state index contributed by atoms with van der Waals surface area (Å²) < 4.78 is 0. The van der Waals surface area contributed by atoms with Gasteiger partial charge in [-0.05, 0) is 46.5 Å². The molecule has 1 aliphatic heterocycles. The van der Waals surface area contributed by atoms with Gasteiger partial charge in [-0.15, -0.1) is 0 Å². The molecule has 2 aromatic carbocycles. The zero-order valence-corrected chi connectivity index (χ0v) is 16.3. The number of para-hydroxylation sites is 1. The van der Waals surface area contributed by atoms with Crippen LogP contribution in [0.2, 0.25) is 0 Å². The van der Waals surface area contributed by atoms with E-state index < -0.39 is 0 Å². The third-order valence-corrected chi connectivity index (χ3v) is 4.83. The fourth-order valence-corrected chi connectivity index (χ4v) is 3.23. The van der Waals surface area contributed by atoms with Crippen molar-refractivity contribution in [2.45, 2.75) is 13.0 Å². The van der Waals surface area contributed by atoms with Crippen molar-refractivity contribution in [2.24, 2.45) is 0 Å². The van der Waals surface area contributed by atoms with E-state index in [2.05, 4.69) is 15.6 Å². The summed E-state index contributed by atoms with van der Waals surface area (Å²) in [6.45, 7) is 0.439. The summed E-state index contributed by atoms with van der Waals surface area (Å²) >= 11 is 0. The summed E-state index contributed by atoms with van der Waals surface area (Å²) in [4.78, 5) is 28.3. The van der Waals surface area contributed by atoms with E-state index in [0.29, 0.717) is 13.0 Å². The van der Waals surface area contributed by atoms with Crippen LogP contribution in [0.15, 0.2) is 84.7 Å². The second-order valence-corrected chi connectivity index (χ2v) is 7.04. The maximum Gasteiger partial charge on any atom is 0.251 e. The lowest BCUT2D eigenvalue weighted by molar-refractivity contribution is -0.116. The van der Waals surface area contributed by atoms with E-state index >= 15 is 0 Å². The van der Waals surface area contributed by atoms with Crippen molar-refractivity contribution in [3.8, 4) is 0 Å². The topological polar surface area (TPSA) is 71.1 Å². The first-order chi connectivity index (χ1) is 14.7. The first-order valence-corrected chi connectivity index (χ1v) is 9.72. The van der Waals surface area contributed by atoms with Crippen LogP contribution in [0.4, 0.5) is 5.69 Å². The van der Waals surface area contributed by atoms with Crippen molar-refractivity contribution in [1.29, 1.82) is 0 Å². The zero-order valence-electron chi connectivity index (χ0n) is 16.3. The molecular weight excluding hydrogens is 374 g/mol. The number of aromatic nitrogens is 1. The Morgan fingerprint density at radius 3 is 2.63 bits per heavy atom. The number of carbonyl (C=O) groups is 2. The number of anilines is 1. The molecule has 0 unspecified atom stereocenters. The molecule has 0 bridgehead atoms. The Labute approximate surface area is 175 Å². The van der Waals surface area contributed by atoms with E-state index in [1.54, 1.807) is 18.5 Å². The van der Waals surface area contributed by atoms with Gasteiger partial charge in [0.2, 0.25) is 5.91 Å². The first kappa shape index (κ1) is 19.3. The molecule has 4 rings (SSSR count). The Morgan fingerprint density at radius 2 is 1.83 bits per heavy atom. The Morgan fingerprint density at radius 1 is 1.03 bits per heavy atom.